The van der Waals surface area contributed by atoms with Crippen molar-refractivity contribution < 1.29 is 9.53 Å². The summed E-state index contributed by atoms with van der Waals surface area (Å²) in [5, 5.41) is 3.14. The third kappa shape index (κ3) is 4.75. The number of piperidine rings is 1. The molecule has 0 saturated carbocycles. The van der Waals surface area contributed by atoms with E-state index in [2.05, 4.69) is 24.1 Å². The Labute approximate surface area is 115 Å². The number of carbonyl (C=O) groups is 1. The molecule has 3 N–H and O–H groups in total. The number of hydrogen-bond donors (Lipinski definition) is 2. The number of likely N-dealkylation sites (tertiary alicyclic amines) is 1. The lowest BCUT2D eigenvalue weighted by molar-refractivity contribution is -0.125. The Morgan fingerprint density at radius 1 is 1.37 bits per heavy atom. The summed E-state index contributed by atoms with van der Waals surface area (Å²) in [6.45, 7) is 7.28. The molecule has 0 aromatic rings. The monoisotopic (exact) mass is 269 g/mol. The molecule has 2 rings (SSSR count). The smallest absolute Gasteiger partial charge is 0.234 e. The molecule has 2 aliphatic heterocycles. The molecule has 110 valence electrons. The van der Waals surface area contributed by atoms with E-state index in [0.29, 0.717) is 12.6 Å². The summed E-state index contributed by atoms with van der Waals surface area (Å²) < 4.78 is 5.66. The van der Waals surface area contributed by atoms with Crippen LogP contribution in [0, 0.1) is 0 Å². The molecular formula is C14H27N3O2. The van der Waals surface area contributed by atoms with Crippen LogP contribution in [0.15, 0.2) is 0 Å². The van der Waals surface area contributed by atoms with E-state index in [0.717, 1.165) is 45.4 Å². The summed E-state index contributed by atoms with van der Waals surface area (Å²) in [6.07, 6.45) is 3.80. The van der Waals surface area contributed by atoms with Crippen LogP contribution in [-0.2, 0) is 9.53 Å². The van der Waals surface area contributed by atoms with E-state index < -0.39 is 0 Å². The van der Waals surface area contributed by atoms with Gasteiger partial charge in [-0.25, -0.2) is 0 Å². The van der Waals surface area contributed by atoms with Gasteiger partial charge in [-0.2, -0.15) is 0 Å². The molecule has 1 amide bonds. The van der Waals surface area contributed by atoms with Gasteiger partial charge in [0.05, 0.1) is 12.1 Å². The van der Waals surface area contributed by atoms with Crippen LogP contribution in [0.3, 0.4) is 0 Å². The number of amides is 1. The lowest BCUT2D eigenvalue weighted by atomic mass is 9.94. The summed E-state index contributed by atoms with van der Waals surface area (Å²) in [6, 6.07) is 0.568. The summed E-state index contributed by atoms with van der Waals surface area (Å²) >= 11 is 0. The van der Waals surface area contributed by atoms with Gasteiger partial charge >= 0.3 is 0 Å². The van der Waals surface area contributed by atoms with Crippen LogP contribution in [0.1, 0.15) is 39.5 Å². The van der Waals surface area contributed by atoms with Gasteiger partial charge in [-0.05, 0) is 39.5 Å². The normalized spacial score (nSPS) is 29.1. The average molecular weight is 269 g/mol. The first kappa shape index (κ1) is 14.8. The predicted molar refractivity (Wildman–Crippen MR) is 74.8 cm³/mol. The molecule has 2 aliphatic rings. The third-order valence-electron chi connectivity index (χ3n) is 4.06. The number of nitrogens with one attached hydrogen (secondary N) is 1. The van der Waals surface area contributed by atoms with Gasteiger partial charge in [-0.1, -0.05) is 0 Å². The van der Waals surface area contributed by atoms with Crippen LogP contribution in [0.5, 0.6) is 0 Å². The van der Waals surface area contributed by atoms with Gasteiger partial charge < -0.3 is 15.8 Å². The standard InChI is InChI=1S/C14H27N3O2/c1-14(2)9-12(5-8-19-14)16-13(18)10-17-6-3-11(15)4-7-17/h11-12H,3-10,15H2,1-2H3,(H,16,18). The Hall–Kier alpha value is -0.650. The summed E-state index contributed by atoms with van der Waals surface area (Å²) in [5.74, 6) is 0.137. The number of nitrogens with two attached hydrogens (primary N) is 1. The quantitative estimate of drug-likeness (QED) is 0.782. The van der Waals surface area contributed by atoms with Crippen molar-refractivity contribution in [3.63, 3.8) is 0 Å². The minimum atomic E-state index is -0.117. The van der Waals surface area contributed by atoms with E-state index in [1.54, 1.807) is 0 Å². The second-order valence-corrected chi connectivity index (χ2v) is 6.48. The molecule has 0 spiro atoms. The third-order valence-corrected chi connectivity index (χ3v) is 4.06. The molecule has 2 fully saturated rings. The van der Waals surface area contributed by atoms with Crippen molar-refractivity contribution in [2.45, 2.75) is 57.2 Å². The van der Waals surface area contributed by atoms with E-state index in [1.807, 2.05) is 0 Å². The Kier molecular flexibility index (Phi) is 4.81. The molecule has 0 aromatic heterocycles. The van der Waals surface area contributed by atoms with Crippen LogP contribution in [0.4, 0.5) is 0 Å². The topological polar surface area (TPSA) is 67.6 Å². The molecule has 1 unspecified atom stereocenters. The van der Waals surface area contributed by atoms with E-state index in [9.17, 15) is 4.79 Å². The van der Waals surface area contributed by atoms with Gasteiger partial charge in [0.2, 0.25) is 5.91 Å². The first-order valence-electron chi connectivity index (χ1n) is 7.36. The fourth-order valence-electron chi connectivity index (χ4n) is 2.94. The van der Waals surface area contributed by atoms with Crippen LogP contribution in [0.25, 0.3) is 0 Å². The Bertz CT molecular complexity index is 312. The molecule has 5 heteroatoms. The lowest BCUT2D eigenvalue weighted by Crippen LogP contribution is -2.50. The van der Waals surface area contributed by atoms with Crippen molar-refractivity contribution >= 4 is 5.91 Å². The van der Waals surface area contributed by atoms with Crippen molar-refractivity contribution in [3.05, 3.63) is 0 Å². The summed E-state index contributed by atoms with van der Waals surface area (Å²) in [7, 11) is 0. The summed E-state index contributed by atoms with van der Waals surface area (Å²) in [5.41, 5.74) is 5.75. The maximum atomic E-state index is 12.0. The second kappa shape index (κ2) is 6.20. The molecule has 19 heavy (non-hydrogen) atoms. The zero-order chi connectivity index (χ0) is 13.9. The van der Waals surface area contributed by atoms with Gasteiger partial charge in [0.25, 0.3) is 0 Å². The van der Waals surface area contributed by atoms with E-state index >= 15 is 0 Å². The van der Waals surface area contributed by atoms with Gasteiger partial charge in [0, 0.05) is 31.8 Å². The minimum Gasteiger partial charge on any atom is -0.375 e. The van der Waals surface area contributed by atoms with Crippen molar-refractivity contribution in [1.82, 2.24) is 10.2 Å². The highest BCUT2D eigenvalue weighted by Crippen LogP contribution is 2.23. The maximum Gasteiger partial charge on any atom is 0.234 e. The van der Waals surface area contributed by atoms with Crippen molar-refractivity contribution in [1.29, 1.82) is 0 Å². The minimum absolute atomic E-state index is 0.117. The summed E-state index contributed by atoms with van der Waals surface area (Å²) in [4.78, 5) is 14.2. The van der Waals surface area contributed by atoms with E-state index in [1.165, 1.54) is 0 Å². The zero-order valence-corrected chi connectivity index (χ0v) is 12.2. The van der Waals surface area contributed by atoms with Crippen LogP contribution >= 0.6 is 0 Å². The van der Waals surface area contributed by atoms with E-state index in [-0.39, 0.29) is 17.6 Å². The fraction of sp³-hybridized carbons (Fsp3) is 0.929. The highest BCUT2D eigenvalue weighted by Gasteiger charge is 2.30. The van der Waals surface area contributed by atoms with Crippen molar-refractivity contribution in [3.8, 4) is 0 Å². The molecule has 1 atom stereocenters. The second-order valence-electron chi connectivity index (χ2n) is 6.48. The number of nitrogens with zero attached hydrogens (tertiary/aromatic N) is 1. The Morgan fingerprint density at radius 2 is 2.05 bits per heavy atom. The number of rotatable bonds is 3. The van der Waals surface area contributed by atoms with Crippen molar-refractivity contribution in [2.75, 3.05) is 26.2 Å². The number of hydrogen-bond acceptors (Lipinski definition) is 4. The molecule has 0 aliphatic carbocycles. The highest BCUT2D eigenvalue weighted by molar-refractivity contribution is 5.78. The van der Waals surface area contributed by atoms with Gasteiger partial charge in [-0.15, -0.1) is 0 Å². The molecule has 2 saturated heterocycles. The zero-order valence-electron chi connectivity index (χ0n) is 12.2. The first-order valence-corrected chi connectivity index (χ1v) is 7.36. The van der Waals surface area contributed by atoms with Crippen LogP contribution < -0.4 is 11.1 Å². The average Bonchev–Trinajstić information content (AvgIpc) is 2.30. The largest absolute Gasteiger partial charge is 0.375 e. The highest BCUT2D eigenvalue weighted by atomic mass is 16.5. The molecule has 2 heterocycles. The van der Waals surface area contributed by atoms with Crippen LogP contribution in [-0.4, -0.2) is 54.7 Å². The molecule has 5 nitrogen and oxygen atoms in total. The Morgan fingerprint density at radius 3 is 2.68 bits per heavy atom. The SMILES string of the molecule is CC1(C)CC(NC(=O)CN2CCC(N)CC2)CCO1. The van der Waals surface area contributed by atoms with Gasteiger partial charge in [-0.3, -0.25) is 9.69 Å². The molecular weight excluding hydrogens is 242 g/mol. The maximum absolute atomic E-state index is 12.0. The lowest BCUT2D eigenvalue weighted by Gasteiger charge is -2.36. The first-order chi connectivity index (χ1) is 8.94. The van der Waals surface area contributed by atoms with Crippen LogP contribution in [0.2, 0.25) is 0 Å². The van der Waals surface area contributed by atoms with Crippen molar-refractivity contribution in [2.24, 2.45) is 5.73 Å². The van der Waals surface area contributed by atoms with E-state index in [4.69, 9.17) is 10.5 Å². The predicted octanol–water partition coefficient (Wildman–Crippen LogP) is 0.483. The number of ether oxygens (including phenoxy) is 1. The number of carbonyl (C=O) groups excluding carboxylic acids is 1. The molecule has 0 radical (unpaired) electrons. The van der Waals surface area contributed by atoms with Gasteiger partial charge in [0.15, 0.2) is 0 Å². The molecule has 0 aromatic carbocycles. The molecule has 0 bridgehead atoms. The van der Waals surface area contributed by atoms with Gasteiger partial charge in [0.1, 0.15) is 0 Å². The fourth-order valence-corrected chi connectivity index (χ4v) is 2.94. The Balaban J connectivity index is 1.72.